The van der Waals surface area contributed by atoms with Gasteiger partial charge in [-0.25, -0.2) is 8.42 Å². The first-order chi connectivity index (χ1) is 7.49. The van der Waals surface area contributed by atoms with Gasteiger partial charge in [0.05, 0.1) is 18.0 Å². The summed E-state index contributed by atoms with van der Waals surface area (Å²) in [5, 5.41) is 0. The third-order valence-electron chi connectivity index (χ3n) is 2.63. The van der Waals surface area contributed by atoms with Crippen LogP contribution in [-0.4, -0.2) is 19.8 Å². The Morgan fingerprint density at radius 3 is 2.38 bits per heavy atom. The maximum atomic E-state index is 11.0. The summed E-state index contributed by atoms with van der Waals surface area (Å²) in [5.74, 6) is -0.0889. The molecule has 1 fully saturated rings. The van der Waals surface area contributed by atoms with Gasteiger partial charge in [0.15, 0.2) is 0 Å². The zero-order chi connectivity index (χ0) is 11.6. The lowest BCUT2D eigenvalue weighted by Gasteiger charge is -2.14. The quantitative estimate of drug-likeness (QED) is 0.763. The maximum absolute atomic E-state index is 11.0. The maximum Gasteiger partial charge on any atom is 0.235 e. The average molecular weight is 261 g/mol. The molecule has 0 atom stereocenters. The van der Waals surface area contributed by atoms with Crippen molar-refractivity contribution < 1.29 is 13.2 Å². The first-order valence-corrected chi connectivity index (χ1v) is 7.57. The monoisotopic (exact) mass is 260 g/mol. The Balaban J connectivity index is 1.91. The smallest absolute Gasteiger partial charge is 0.235 e. The molecule has 0 radical (unpaired) electrons. The van der Waals surface area contributed by atoms with Crippen LogP contribution in [0.3, 0.4) is 0 Å². The highest BCUT2D eigenvalue weighted by Gasteiger charge is 2.47. The van der Waals surface area contributed by atoms with Gasteiger partial charge in [-0.2, -0.15) is 0 Å². The van der Waals surface area contributed by atoms with Gasteiger partial charge in [-0.1, -0.05) is 30.3 Å². The Hall–Kier alpha value is -0.580. The van der Waals surface area contributed by atoms with Crippen LogP contribution in [0.1, 0.15) is 18.4 Å². The van der Waals surface area contributed by atoms with Crippen LogP contribution in [0.5, 0.6) is 0 Å². The molecular formula is C11H13ClO3S. The van der Waals surface area contributed by atoms with E-state index in [0.717, 1.165) is 18.4 Å². The highest BCUT2D eigenvalue weighted by Crippen LogP contribution is 2.42. The minimum absolute atomic E-state index is 0.0889. The van der Waals surface area contributed by atoms with Gasteiger partial charge in [-0.15, -0.1) is 0 Å². The van der Waals surface area contributed by atoms with Crippen molar-refractivity contribution >= 4 is 19.7 Å². The van der Waals surface area contributed by atoms with E-state index in [-0.39, 0.29) is 5.75 Å². The molecule has 0 unspecified atom stereocenters. The number of ether oxygens (including phenoxy) is 1. The summed E-state index contributed by atoms with van der Waals surface area (Å²) in [7, 11) is 1.76. The van der Waals surface area contributed by atoms with E-state index in [9.17, 15) is 8.42 Å². The first kappa shape index (κ1) is 11.9. The van der Waals surface area contributed by atoms with E-state index in [0.29, 0.717) is 6.61 Å². The van der Waals surface area contributed by atoms with Crippen LogP contribution in [0, 0.1) is 0 Å². The number of hydrogen-bond donors (Lipinski definition) is 0. The van der Waals surface area contributed by atoms with E-state index in [1.807, 2.05) is 30.3 Å². The van der Waals surface area contributed by atoms with Crippen LogP contribution < -0.4 is 0 Å². The molecule has 1 aromatic rings. The summed E-state index contributed by atoms with van der Waals surface area (Å²) in [6.07, 6.45) is 1.54. The molecule has 3 nitrogen and oxygen atoms in total. The van der Waals surface area contributed by atoms with E-state index in [2.05, 4.69) is 0 Å². The van der Waals surface area contributed by atoms with Crippen LogP contribution in [0.4, 0.5) is 0 Å². The van der Waals surface area contributed by atoms with Gasteiger partial charge in [-0.05, 0) is 18.4 Å². The molecule has 2 rings (SSSR count). The lowest BCUT2D eigenvalue weighted by atomic mass is 10.2. The molecule has 0 aliphatic heterocycles. The standard InChI is InChI=1S/C11H13ClO3S/c12-16(13,14)9-11(6-7-11)15-8-10-4-2-1-3-5-10/h1-5H,6-9H2. The summed E-state index contributed by atoms with van der Waals surface area (Å²) >= 11 is 0. The molecule has 0 amide bonds. The minimum Gasteiger partial charge on any atom is -0.369 e. The van der Waals surface area contributed by atoms with Crippen LogP contribution in [0.2, 0.25) is 0 Å². The third-order valence-corrected chi connectivity index (χ3v) is 3.83. The Kier molecular flexibility index (Phi) is 3.24. The molecule has 1 aromatic carbocycles. The molecular weight excluding hydrogens is 248 g/mol. The molecule has 88 valence electrons. The summed E-state index contributed by atoms with van der Waals surface area (Å²) in [5.41, 5.74) is 0.511. The van der Waals surface area contributed by atoms with Gasteiger partial charge in [-0.3, -0.25) is 0 Å². The molecule has 5 heteroatoms. The van der Waals surface area contributed by atoms with Crippen molar-refractivity contribution in [2.45, 2.75) is 25.0 Å². The first-order valence-electron chi connectivity index (χ1n) is 5.09. The molecule has 0 spiro atoms. The summed E-state index contributed by atoms with van der Waals surface area (Å²) < 4.78 is 27.6. The van der Waals surface area contributed by atoms with E-state index in [4.69, 9.17) is 15.4 Å². The number of rotatable bonds is 5. The Labute approximate surface area is 99.8 Å². The zero-order valence-electron chi connectivity index (χ0n) is 8.73. The molecule has 0 aromatic heterocycles. The highest BCUT2D eigenvalue weighted by molar-refractivity contribution is 8.13. The Morgan fingerprint density at radius 1 is 1.25 bits per heavy atom. The molecule has 16 heavy (non-hydrogen) atoms. The van der Waals surface area contributed by atoms with Crippen LogP contribution in [0.15, 0.2) is 30.3 Å². The molecule has 1 aliphatic rings. The molecule has 1 aliphatic carbocycles. The van der Waals surface area contributed by atoms with Gasteiger partial charge in [0.25, 0.3) is 0 Å². The number of hydrogen-bond acceptors (Lipinski definition) is 3. The van der Waals surface area contributed by atoms with E-state index in [1.165, 1.54) is 0 Å². The van der Waals surface area contributed by atoms with Gasteiger partial charge < -0.3 is 4.74 Å². The Bertz CT molecular complexity index is 451. The fourth-order valence-corrected chi connectivity index (χ4v) is 3.19. The fraction of sp³-hybridized carbons (Fsp3) is 0.455. The molecule has 1 saturated carbocycles. The van der Waals surface area contributed by atoms with Crippen molar-refractivity contribution in [1.82, 2.24) is 0 Å². The lowest BCUT2D eigenvalue weighted by Crippen LogP contribution is -2.23. The van der Waals surface area contributed by atoms with Crippen LogP contribution in [0.25, 0.3) is 0 Å². The van der Waals surface area contributed by atoms with E-state index < -0.39 is 14.7 Å². The number of halogens is 1. The topological polar surface area (TPSA) is 43.4 Å². The summed E-state index contributed by atoms with van der Waals surface area (Å²) in [6.45, 7) is 0.438. The van der Waals surface area contributed by atoms with Gasteiger partial charge >= 0.3 is 0 Å². The van der Waals surface area contributed by atoms with Crippen molar-refractivity contribution in [3.63, 3.8) is 0 Å². The molecule has 0 heterocycles. The van der Waals surface area contributed by atoms with Crippen molar-refractivity contribution in [3.8, 4) is 0 Å². The second-order valence-corrected chi connectivity index (χ2v) is 6.92. The predicted octanol–water partition coefficient (Wildman–Crippen LogP) is 2.30. The zero-order valence-corrected chi connectivity index (χ0v) is 10.3. The van der Waals surface area contributed by atoms with Gasteiger partial charge in [0.2, 0.25) is 9.05 Å². The molecule has 0 saturated heterocycles. The average Bonchev–Trinajstić information content (AvgIpc) is 2.95. The summed E-state index contributed by atoms with van der Waals surface area (Å²) in [6, 6.07) is 9.68. The lowest BCUT2D eigenvalue weighted by molar-refractivity contribution is 0.0360. The molecule has 0 bridgehead atoms. The van der Waals surface area contributed by atoms with Crippen LogP contribution >= 0.6 is 10.7 Å². The normalized spacial score (nSPS) is 18.3. The van der Waals surface area contributed by atoms with Gasteiger partial charge in [0, 0.05) is 10.7 Å². The van der Waals surface area contributed by atoms with Crippen LogP contribution in [-0.2, 0) is 20.4 Å². The summed E-state index contributed by atoms with van der Waals surface area (Å²) in [4.78, 5) is 0. The highest BCUT2D eigenvalue weighted by atomic mass is 35.7. The third kappa shape index (κ3) is 3.47. The second kappa shape index (κ2) is 4.35. The Morgan fingerprint density at radius 2 is 1.88 bits per heavy atom. The predicted molar refractivity (Wildman–Crippen MR) is 62.8 cm³/mol. The largest absolute Gasteiger partial charge is 0.369 e. The second-order valence-electron chi connectivity index (χ2n) is 4.14. The molecule has 0 N–H and O–H groups in total. The van der Waals surface area contributed by atoms with Crippen molar-refractivity contribution in [3.05, 3.63) is 35.9 Å². The number of benzene rings is 1. The van der Waals surface area contributed by atoms with Crippen molar-refractivity contribution in [1.29, 1.82) is 0 Å². The SMILES string of the molecule is O=S(=O)(Cl)CC1(OCc2ccccc2)CC1. The van der Waals surface area contributed by atoms with Crippen molar-refractivity contribution in [2.24, 2.45) is 0 Å². The van der Waals surface area contributed by atoms with Gasteiger partial charge in [0.1, 0.15) is 0 Å². The van der Waals surface area contributed by atoms with E-state index >= 15 is 0 Å². The van der Waals surface area contributed by atoms with Crippen molar-refractivity contribution in [2.75, 3.05) is 5.75 Å². The minimum atomic E-state index is -3.48. The van der Waals surface area contributed by atoms with E-state index in [1.54, 1.807) is 0 Å². The fourth-order valence-electron chi connectivity index (χ4n) is 1.59.